The number of rotatable bonds is 3. The number of nitrogens with one attached hydrogen (secondary N) is 2. The number of nitrogens with zero attached hydrogens (tertiary/aromatic N) is 3. The van der Waals surface area contributed by atoms with Gasteiger partial charge in [-0.15, -0.1) is 0 Å². The molecule has 0 saturated heterocycles. The monoisotopic (exact) mass is 404 g/mol. The summed E-state index contributed by atoms with van der Waals surface area (Å²) in [6, 6.07) is 16.6. The Hall–Kier alpha value is -3.71. The standard InChI is InChI=1S/C21H17ClN6O/c1-24-21(29)28-20-19(23)26-17(12-6-3-2-4-7-12)18(27-20)14-10-13-8-5-9-25-16(13)15(22)11-14/h2-11H,1H3,(H2,23,26)(H2,24,27,28,29). The molecule has 0 spiro atoms. The molecule has 0 aliphatic rings. The summed E-state index contributed by atoms with van der Waals surface area (Å²) in [5, 5.41) is 6.45. The summed E-state index contributed by atoms with van der Waals surface area (Å²) in [6.07, 6.45) is 1.69. The summed E-state index contributed by atoms with van der Waals surface area (Å²) < 4.78 is 0. The Labute approximate surface area is 172 Å². The van der Waals surface area contributed by atoms with Gasteiger partial charge in [-0.25, -0.2) is 14.8 Å². The van der Waals surface area contributed by atoms with E-state index in [4.69, 9.17) is 17.3 Å². The molecule has 0 saturated carbocycles. The predicted molar refractivity (Wildman–Crippen MR) is 116 cm³/mol. The normalized spacial score (nSPS) is 10.7. The molecule has 2 amide bonds. The first-order chi connectivity index (χ1) is 14.1. The fraction of sp³-hybridized carbons (Fsp3) is 0.0476. The minimum atomic E-state index is -0.440. The number of anilines is 2. The highest BCUT2D eigenvalue weighted by atomic mass is 35.5. The van der Waals surface area contributed by atoms with Crippen molar-refractivity contribution in [2.45, 2.75) is 0 Å². The summed E-state index contributed by atoms with van der Waals surface area (Å²) in [6.45, 7) is 0. The Morgan fingerprint density at radius 1 is 1.00 bits per heavy atom. The highest BCUT2D eigenvalue weighted by molar-refractivity contribution is 6.35. The molecule has 0 bridgehead atoms. The zero-order chi connectivity index (χ0) is 20.4. The lowest BCUT2D eigenvalue weighted by atomic mass is 10.0. The van der Waals surface area contributed by atoms with Gasteiger partial charge in [0.25, 0.3) is 0 Å². The Kier molecular flexibility index (Phi) is 4.97. The number of carbonyl (C=O) groups excluding carboxylic acids is 1. The van der Waals surface area contributed by atoms with Gasteiger partial charge >= 0.3 is 6.03 Å². The smallest absolute Gasteiger partial charge is 0.320 e. The second-order valence-electron chi connectivity index (χ2n) is 6.26. The van der Waals surface area contributed by atoms with Crippen LogP contribution in [0.25, 0.3) is 33.4 Å². The zero-order valence-electron chi connectivity index (χ0n) is 15.5. The molecule has 0 fully saturated rings. The molecule has 0 atom stereocenters. The third-order valence-corrected chi connectivity index (χ3v) is 4.65. The average molecular weight is 405 g/mol. The van der Waals surface area contributed by atoms with E-state index in [1.165, 1.54) is 7.05 Å². The van der Waals surface area contributed by atoms with Gasteiger partial charge in [0.1, 0.15) is 0 Å². The number of benzene rings is 2. The van der Waals surface area contributed by atoms with Crippen molar-refractivity contribution in [3.63, 3.8) is 0 Å². The highest BCUT2D eigenvalue weighted by Gasteiger charge is 2.18. The molecule has 0 aliphatic heterocycles. The van der Waals surface area contributed by atoms with Crippen LogP contribution in [0.4, 0.5) is 16.4 Å². The summed E-state index contributed by atoms with van der Waals surface area (Å²) >= 11 is 6.47. The van der Waals surface area contributed by atoms with E-state index in [0.29, 0.717) is 21.9 Å². The zero-order valence-corrected chi connectivity index (χ0v) is 16.2. The number of halogens is 1. The van der Waals surface area contributed by atoms with Gasteiger partial charge in [-0.05, 0) is 18.2 Å². The van der Waals surface area contributed by atoms with Crippen molar-refractivity contribution in [2.24, 2.45) is 0 Å². The summed E-state index contributed by atoms with van der Waals surface area (Å²) in [7, 11) is 1.51. The number of amides is 2. The van der Waals surface area contributed by atoms with Crippen LogP contribution >= 0.6 is 11.6 Å². The van der Waals surface area contributed by atoms with Crippen molar-refractivity contribution < 1.29 is 4.79 Å². The molecule has 4 N–H and O–H groups in total. The van der Waals surface area contributed by atoms with Gasteiger partial charge in [-0.1, -0.05) is 48.0 Å². The van der Waals surface area contributed by atoms with E-state index < -0.39 is 6.03 Å². The van der Waals surface area contributed by atoms with Gasteiger partial charge in [0, 0.05) is 29.8 Å². The Balaban J connectivity index is 1.97. The lowest BCUT2D eigenvalue weighted by Crippen LogP contribution is -2.26. The van der Waals surface area contributed by atoms with Gasteiger partial charge in [0.15, 0.2) is 11.6 Å². The second kappa shape index (κ2) is 7.73. The van der Waals surface area contributed by atoms with Crippen molar-refractivity contribution in [1.29, 1.82) is 0 Å². The van der Waals surface area contributed by atoms with Gasteiger partial charge < -0.3 is 11.1 Å². The van der Waals surface area contributed by atoms with Crippen molar-refractivity contribution in [3.8, 4) is 22.5 Å². The molecule has 2 aromatic carbocycles. The Morgan fingerprint density at radius 3 is 2.52 bits per heavy atom. The summed E-state index contributed by atoms with van der Waals surface area (Å²) in [4.78, 5) is 25.3. The molecule has 4 rings (SSSR count). The van der Waals surface area contributed by atoms with E-state index in [1.54, 1.807) is 12.3 Å². The van der Waals surface area contributed by atoms with Crippen LogP contribution in [0.5, 0.6) is 0 Å². The van der Waals surface area contributed by atoms with E-state index in [9.17, 15) is 4.79 Å². The predicted octanol–water partition coefficient (Wildman–Crippen LogP) is 4.35. The third kappa shape index (κ3) is 3.68. The third-order valence-electron chi connectivity index (χ3n) is 4.36. The quantitative estimate of drug-likeness (QED) is 0.470. The SMILES string of the molecule is CNC(=O)Nc1nc(-c2cc(Cl)c3ncccc3c2)c(-c2ccccc2)nc1N. The van der Waals surface area contributed by atoms with E-state index in [-0.39, 0.29) is 11.6 Å². The van der Waals surface area contributed by atoms with Gasteiger partial charge in [0.2, 0.25) is 0 Å². The molecule has 0 aliphatic carbocycles. The number of nitrogen functional groups attached to an aromatic ring is 1. The lowest BCUT2D eigenvalue weighted by molar-refractivity contribution is 0.254. The van der Waals surface area contributed by atoms with Crippen LogP contribution < -0.4 is 16.4 Å². The summed E-state index contributed by atoms with van der Waals surface area (Å²) in [5.41, 5.74) is 9.49. The van der Waals surface area contributed by atoms with Gasteiger partial charge in [0.05, 0.1) is 21.9 Å². The number of urea groups is 1. The van der Waals surface area contributed by atoms with Crippen LogP contribution in [0.2, 0.25) is 5.02 Å². The minimum Gasteiger partial charge on any atom is -0.381 e. The largest absolute Gasteiger partial charge is 0.381 e. The molecule has 2 aromatic heterocycles. The summed E-state index contributed by atoms with van der Waals surface area (Å²) in [5.74, 6) is 0.284. The number of hydrogen-bond donors (Lipinski definition) is 3. The van der Waals surface area contributed by atoms with Crippen molar-refractivity contribution >= 4 is 40.2 Å². The number of carbonyl (C=O) groups is 1. The van der Waals surface area contributed by atoms with E-state index in [1.807, 2.05) is 48.5 Å². The van der Waals surface area contributed by atoms with Crippen molar-refractivity contribution in [3.05, 3.63) is 65.8 Å². The highest BCUT2D eigenvalue weighted by Crippen LogP contribution is 2.35. The number of nitrogens with two attached hydrogens (primary N) is 1. The van der Waals surface area contributed by atoms with Crippen LogP contribution in [0.1, 0.15) is 0 Å². The topological polar surface area (TPSA) is 106 Å². The van der Waals surface area contributed by atoms with Gasteiger partial charge in [-0.3, -0.25) is 10.3 Å². The minimum absolute atomic E-state index is 0.116. The maximum Gasteiger partial charge on any atom is 0.320 e. The second-order valence-corrected chi connectivity index (χ2v) is 6.67. The van der Waals surface area contributed by atoms with Crippen LogP contribution in [0, 0.1) is 0 Å². The Bertz CT molecular complexity index is 1210. The fourth-order valence-corrected chi connectivity index (χ4v) is 3.27. The lowest BCUT2D eigenvalue weighted by Gasteiger charge is -2.14. The molecule has 7 nitrogen and oxygen atoms in total. The van der Waals surface area contributed by atoms with Crippen LogP contribution in [0.3, 0.4) is 0 Å². The molecule has 144 valence electrons. The first kappa shape index (κ1) is 18.6. The van der Waals surface area contributed by atoms with Crippen LogP contribution in [-0.4, -0.2) is 28.0 Å². The van der Waals surface area contributed by atoms with E-state index in [2.05, 4.69) is 25.6 Å². The number of fused-ring (bicyclic) bond motifs is 1. The number of pyridine rings is 1. The molecular formula is C21H17ClN6O. The number of aromatic nitrogens is 3. The molecule has 2 heterocycles. The van der Waals surface area contributed by atoms with Crippen LogP contribution in [-0.2, 0) is 0 Å². The van der Waals surface area contributed by atoms with Gasteiger partial charge in [-0.2, -0.15) is 0 Å². The first-order valence-electron chi connectivity index (χ1n) is 8.83. The molecule has 4 aromatic rings. The molecule has 8 heteroatoms. The van der Waals surface area contributed by atoms with Crippen LogP contribution in [0.15, 0.2) is 60.8 Å². The maximum absolute atomic E-state index is 11.8. The maximum atomic E-state index is 11.8. The fourth-order valence-electron chi connectivity index (χ4n) is 2.99. The first-order valence-corrected chi connectivity index (χ1v) is 9.21. The molecule has 29 heavy (non-hydrogen) atoms. The van der Waals surface area contributed by atoms with E-state index in [0.717, 1.165) is 16.5 Å². The molecule has 0 unspecified atom stereocenters. The average Bonchev–Trinajstić information content (AvgIpc) is 2.75. The molecule has 0 radical (unpaired) electrons. The Morgan fingerprint density at radius 2 is 1.76 bits per heavy atom. The van der Waals surface area contributed by atoms with E-state index >= 15 is 0 Å². The molecular weight excluding hydrogens is 388 g/mol. The van der Waals surface area contributed by atoms with Crippen molar-refractivity contribution in [1.82, 2.24) is 20.3 Å². The van der Waals surface area contributed by atoms with Crippen molar-refractivity contribution in [2.75, 3.05) is 18.1 Å². The number of hydrogen-bond acceptors (Lipinski definition) is 5.